The first-order chi connectivity index (χ1) is 27.6. The fourth-order valence-corrected chi connectivity index (χ4v) is 6.38. The number of nitrogens with zero attached hydrogens (tertiary/aromatic N) is 2. The molecule has 14 heteroatoms. The van der Waals surface area contributed by atoms with Crippen molar-refractivity contribution in [3.8, 4) is 0 Å². The zero-order valence-electron chi connectivity index (χ0n) is 35.9. The maximum atomic E-state index is 14.2. The van der Waals surface area contributed by atoms with E-state index in [1.165, 1.54) is 0 Å². The summed E-state index contributed by atoms with van der Waals surface area (Å²) in [6, 6.07) is 17.0. The second kappa shape index (κ2) is 24.4. The van der Waals surface area contributed by atoms with Crippen molar-refractivity contribution in [2.45, 2.75) is 99.4 Å². The third-order valence-electron chi connectivity index (χ3n) is 9.89. The number of esters is 1. The van der Waals surface area contributed by atoms with E-state index >= 15 is 0 Å². The number of benzene rings is 2. The number of alkyl carbamates (subject to hydrolysis) is 1. The van der Waals surface area contributed by atoms with Crippen LogP contribution in [0.25, 0.3) is 0 Å². The van der Waals surface area contributed by atoms with Crippen molar-refractivity contribution in [2.24, 2.45) is 23.2 Å². The molecule has 2 aromatic rings. The summed E-state index contributed by atoms with van der Waals surface area (Å²) in [6.45, 7) is 18.9. The Morgan fingerprint density at radius 3 is 2.02 bits per heavy atom. The largest absolute Gasteiger partial charge is 0.458 e. The molecule has 1 fully saturated rings. The van der Waals surface area contributed by atoms with Crippen LogP contribution >= 0.6 is 0 Å². The van der Waals surface area contributed by atoms with Gasteiger partial charge in [-0.05, 0) is 56.6 Å². The molecule has 3 rings (SSSR count). The molecule has 1 heterocycles. The highest BCUT2D eigenvalue weighted by molar-refractivity contribution is 6.00. The summed E-state index contributed by atoms with van der Waals surface area (Å²) in [4.78, 5) is 70.5. The van der Waals surface area contributed by atoms with Gasteiger partial charge >= 0.3 is 12.1 Å². The molecule has 0 spiro atoms. The van der Waals surface area contributed by atoms with Gasteiger partial charge in [0.2, 0.25) is 17.7 Å². The molecule has 0 aliphatic carbocycles. The van der Waals surface area contributed by atoms with Crippen molar-refractivity contribution in [1.29, 1.82) is 0 Å². The maximum absolute atomic E-state index is 14.2. The first kappa shape index (κ1) is 47.8. The van der Waals surface area contributed by atoms with Crippen LogP contribution in [0.2, 0.25) is 0 Å². The molecule has 1 saturated heterocycles. The van der Waals surface area contributed by atoms with Crippen LogP contribution < -0.4 is 21.4 Å². The van der Waals surface area contributed by atoms with E-state index in [0.717, 1.165) is 30.6 Å². The van der Waals surface area contributed by atoms with Gasteiger partial charge in [-0.15, -0.1) is 0 Å². The summed E-state index contributed by atoms with van der Waals surface area (Å²) < 4.78 is 17.1. The van der Waals surface area contributed by atoms with Gasteiger partial charge in [-0.2, -0.15) is 0 Å². The van der Waals surface area contributed by atoms with Crippen LogP contribution in [0.4, 0.5) is 4.79 Å². The Morgan fingerprint density at radius 1 is 0.828 bits per heavy atom. The average molecular weight is 809 g/mol. The Kier molecular flexibility index (Phi) is 20.1. The summed E-state index contributed by atoms with van der Waals surface area (Å²) in [5.74, 6) is -3.44. The van der Waals surface area contributed by atoms with Crippen LogP contribution in [0.15, 0.2) is 60.7 Å². The molecule has 2 aromatic carbocycles. The van der Waals surface area contributed by atoms with E-state index in [2.05, 4.69) is 26.3 Å². The Morgan fingerprint density at radius 2 is 1.45 bits per heavy atom. The molecule has 0 aromatic heterocycles. The average Bonchev–Trinajstić information content (AvgIpc) is 3.18. The fraction of sp³-hybridized carbons (Fsp3) is 0.614. The number of unbranched alkanes of at least 4 members (excludes halogenated alkanes) is 1. The van der Waals surface area contributed by atoms with Crippen LogP contribution in [-0.4, -0.2) is 110 Å². The lowest BCUT2D eigenvalue weighted by atomic mass is 9.94. The lowest BCUT2D eigenvalue weighted by molar-refractivity contribution is -0.162. The number of ether oxygens (including phenoxy) is 3. The lowest BCUT2D eigenvalue weighted by Gasteiger charge is -2.36. The molecule has 322 valence electrons. The van der Waals surface area contributed by atoms with Crippen molar-refractivity contribution in [2.75, 3.05) is 52.5 Å². The minimum Gasteiger partial charge on any atom is -0.458 e. The molecule has 58 heavy (non-hydrogen) atoms. The molecule has 1 aliphatic heterocycles. The van der Waals surface area contributed by atoms with Gasteiger partial charge in [0.05, 0.1) is 31.2 Å². The van der Waals surface area contributed by atoms with Crippen LogP contribution in [0.3, 0.4) is 0 Å². The molecule has 1 aliphatic rings. The predicted molar refractivity (Wildman–Crippen MR) is 223 cm³/mol. The number of hydrazine groups is 1. The quantitative estimate of drug-likeness (QED) is 0.0757. The molecular formula is C44H68N6O8. The van der Waals surface area contributed by atoms with Crippen molar-refractivity contribution < 1.29 is 38.2 Å². The van der Waals surface area contributed by atoms with E-state index in [9.17, 15) is 24.0 Å². The number of amides is 4. The second-order valence-electron chi connectivity index (χ2n) is 16.7. The maximum Gasteiger partial charge on any atom is 0.408 e. The molecule has 0 bridgehead atoms. The number of hydrogen-bond donors (Lipinski definition) is 4. The van der Waals surface area contributed by atoms with E-state index in [-0.39, 0.29) is 37.3 Å². The van der Waals surface area contributed by atoms with Gasteiger partial charge in [0.1, 0.15) is 24.7 Å². The van der Waals surface area contributed by atoms with E-state index in [1.54, 1.807) is 25.8 Å². The van der Waals surface area contributed by atoms with Gasteiger partial charge in [-0.25, -0.2) is 9.80 Å². The van der Waals surface area contributed by atoms with Crippen molar-refractivity contribution >= 4 is 29.8 Å². The smallest absolute Gasteiger partial charge is 0.408 e. The second-order valence-corrected chi connectivity index (χ2v) is 16.7. The molecule has 4 N–H and O–H groups in total. The van der Waals surface area contributed by atoms with Crippen molar-refractivity contribution in [1.82, 2.24) is 31.3 Å². The molecule has 0 unspecified atom stereocenters. The normalized spacial score (nSPS) is 15.6. The van der Waals surface area contributed by atoms with Gasteiger partial charge in [0.25, 0.3) is 0 Å². The van der Waals surface area contributed by atoms with E-state index in [0.29, 0.717) is 39.3 Å². The zero-order valence-corrected chi connectivity index (χ0v) is 35.9. The highest BCUT2D eigenvalue weighted by Crippen LogP contribution is 2.21. The molecular weight excluding hydrogens is 741 g/mol. The van der Waals surface area contributed by atoms with E-state index in [1.807, 2.05) is 95.3 Å². The minimum absolute atomic E-state index is 0.00764. The summed E-state index contributed by atoms with van der Waals surface area (Å²) in [6.07, 6.45) is 0.0596. The Hall–Kier alpha value is -4.53. The van der Waals surface area contributed by atoms with Crippen LogP contribution in [0.5, 0.6) is 0 Å². The SMILES string of the molecule is CCCCN(C[C@H](OC(=O)C(C)(C)C)[C@H](Cc1ccccc1)NC(=O)[C@@H](NC(=O)OCc1ccccc1)C(C)C)NC(=O)[C@@H](C(=O)NCCN1CCOCC1)C(C)C. The van der Waals surface area contributed by atoms with Crippen LogP contribution in [0.1, 0.15) is 79.4 Å². The molecule has 4 atom stereocenters. The van der Waals surface area contributed by atoms with Crippen LogP contribution in [-0.2, 0) is 46.4 Å². The number of nitrogens with one attached hydrogen (secondary N) is 4. The molecule has 0 radical (unpaired) electrons. The van der Waals surface area contributed by atoms with Gasteiger partial charge in [-0.1, -0.05) is 102 Å². The van der Waals surface area contributed by atoms with Gasteiger partial charge in [-0.3, -0.25) is 29.5 Å². The summed E-state index contributed by atoms with van der Waals surface area (Å²) in [5, 5.41) is 10.5. The standard InChI is InChI=1S/C44H68N6O8/c1-9-10-22-50(48-40(52)37(31(2)3)39(51)45-21-23-49-24-26-56-27-25-49)29-36(58-42(54)44(6,7)8)35(28-33-17-13-11-14-18-33)46-41(53)38(32(4)5)47-43(55)57-30-34-19-15-12-16-20-34/h11-20,31-32,35-38H,9-10,21-30H2,1-8H3,(H,45,51)(H,46,53)(H,47,55)(H,48,52)/t35-,36-,37+,38-/m0/s1. The van der Waals surface area contributed by atoms with E-state index in [4.69, 9.17) is 14.2 Å². The number of carbonyl (C=O) groups excluding carboxylic acids is 5. The monoisotopic (exact) mass is 809 g/mol. The third kappa shape index (κ3) is 16.8. The summed E-state index contributed by atoms with van der Waals surface area (Å²) >= 11 is 0. The molecule has 0 saturated carbocycles. The Bertz CT molecular complexity index is 1560. The lowest BCUT2D eigenvalue weighted by Crippen LogP contribution is -2.59. The van der Waals surface area contributed by atoms with E-state index < -0.39 is 53.4 Å². The summed E-state index contributed by atoms with van der Waals surface area (Å²) in [5.41, 5.74) is 3.78. The fourth-order valence-electron chi connectivity index (χ4n) is 6.38. The minimum atomic E-state index is -0.983. The number of morpholine rings is 1. The number of carbonyl (C=O) groups is 5. The Balaban J connectivity index is 1.88. The molecule has 4 amide bonds. The number of hydrogen-bond acceptors (Lipinski definition) is 10. The number of rotatable bonds is 22. The predicted octanol–water partition coefficient (Wildman–Crippen LogP) is 4.48. The highest BCUT2D eigenvalue weighted by atomic mass is 16.6. The summed E-state index contributed by atoms with van der Waals surface area (Å²) in [7, 11) is 0. The Labute approximate surface area is 345 Å². The third-order valence-corrected chi connectivity index (χ3v) is 9.89. The zero-order chi connectivity index (χ0) is 42.7. The molecule has 14 nitrogen and oxygen atoms in total. The first-order valence-electron chi connectivity index (χ1n) is 20.7. The van der Waals surface area contributed by atoms with Gasteiger partial charge in [0, 0.05) is 32.7 Å². The van der Waals surface area contributed by atoms with Crippen molar-refractivity contribution in [3.63, 3.8) is 0 Å². The van der Waals surface area contributed by atoms with Crippen LogP contribution in [0, 0.1) is 23.2 Å². The highest BCUT2D eigenvalue weighted by Gasteiger charge is 2.37. The topological polar surface area (TPSA) is 168 Å². The van der Waals surface area contributed by atoms with Gasteiger partial charge < -0.3 is 30.2 Å². The van der Waals surface area contributed by atoms with Gasteiger partial charge in [0.15, 0.2) is 0 Å². The van der Waals surface area contributed by atoms with Crippen molar-refractivity contribution in [3.05, 3.63) is 71.8 Å². The first-order valence-corrected chi connectivity index (χ1v) is 20.7.